The fourth-order valence-corrected chi connectivity index (χ4v) is 11.3. The van der Waals surface area contributed by atoms with E-state index in [1.807, 2.05) is 0 Å². The molecular formula is C64H49N. The molecule has 0 aliphatic heterocycles. The highest BCUT2D eigenvalue weighted by Gasteiger charge is 2.37. The summed E-state index contributed by atoms with van der Waals surface area (Å²) in [7, 11) is 0. The predicted octanol–water partition coefficient (Wildman–Crippen LogP) is 17.4. The lowest BCUT2D eigenvalue weighted by Crippen LogP contribution is -2.15. The molecule has 0 N–H and O–H groups in total. The van der Waals surface area contributed by atoms with Crippen molar-refractivity contribution >= 4 is 27.8 Å². The quantitative estimate of drug-likeness (QED) is 0.140. The van der Waals surface area contributed by atoms with Crippen LogP contribution in [0.4, 0.5) is 17.1 Å². The number of aryl methyl sites for hydroxylation is 1. The highest BCUT2D eigenvalue weighted by atomic mass is 15.1. The van der Waals surface area contributed by atoms with Gasteiger partial charge in [-0.3, -0.25) is 0 Å². The summed E-state index contributed by atoms with van der Waals surface area (Å²) in [5, 5.41) is 2.47. The predicted molar refractivity (Wildman–Crippen MR) is 275 cm³/mol. The Bertz CT molecular complexity index is 3420. The van der Waals surface area contributed by atoms with Crippen LogP contribution in [0.15, 0.2) is 231 Å². The van der Waals surface area contributed by atoms with Gasteiger partial charge in [-0.15, -0.1) is 0 Å². The van der Waals surface area contributed by atoms with E-state index in [9.17, 15) is 0 Å². The topological polar surface area (TPSA) is 3.24 Å². The van der Waals surface area contributed by atoms with E-state index in [1.54, 1.807) is 0 Å². The summed E-state index contributed by atoms with van der Waals surface area (Å²) >= 11 is 0. The van der Waals surface area contributed by atoms with Crippen LogP contribution in [-0.4, -0.2) is 0 Å². The van der Waals surface area contributed by atoms with Crippen LogP contribution in [0.1, 0.15) is 54.0 Å². The molecule has 1 heteroatoms. The van der Waals surface area contributed by atoms with Crippen molar-refractivity contribution < 1.29 is 0 Å². The lowest BCUT2D eigenvalue weighted by molar-refractivity contribution is 0.660. The van der Waals surface area contributed by atoms with Crippen molar-refractivity contribution in [2.45, 2.75) is 38.0 Å². The summed E-state index contributed by atoms with van der Waals surface area (Å²) in [5.41, 5.74) is 23.0. The SMILES string of the molecule is CC1(C)c2ccccc2-c2c(-c3ccccc3N(c3cccc(-c4cccc5c4-c4ccccc4C5CCc4ccccc4)c3)c3ccccc3-c3cccc4ccccc34)cccc21. The van der Waals surface area contributed by atoms with Crippen molar-refractivity contribution in [1.82, 2.24) is 0 Å². The lowest BCUT2D eigenvalue weighted by atomic mass is 9.82. The molecule has 0 bridgehead atoms. The summed E-state index contributed by atoms with van der Waals surface area (Å²) in [6, 6.07) is 85.8. The molecule has 2 aliphatic carbocycles. The Morgan fingerprint density at radius 3 is 1.78 bits per heavy atom. The number of anilines is 3. The van der Waals surface area contributed by atoms with Crippen molar-refractivity contribution in [1.29, 1.82) is 0 Å². The minimum absolute atomic E-state index is 0.110. The molecular weight excluding hydrogens is 783 g/mol. The summed E-state index contributed by atoms with van der Waals surface area (Å²) in [6.07, 6.45) is 2.11. The molecule has 0 amide bonds. The van der Waals surface area contributed by atoms with Gasteiger partial charge in [-0.2, -0.15) is 0 Å². The maximum absolute atomic E-state index is 2.53. The van der Waals surface area contributed by atoms with Gasteiger partial charge in [0, 0.05) is 28.1 Å². The standard InChI is InChI=1S/C64H49N/c1-64(2)58-36-13-10-31-57(58)63-56(35-19-37-59(63)64)53-29-12-15-39-61(53)65(60-38-14-11-28-52(60)49-33-17-23-44-22-6-7-26-47(44)49)46-25-16-24-45(42-46)48-32-18-34-55-51(41-40-43-20-4-3-5-21-43)50-27-8-9-30-54(50)62(48)55/h3-39,42,51H,40-41H2,1-2H3. The molecule has 1 atom stereocenters. The van der Waals surface area contributed by atoms with E-state index in [1.165, 1.54) is 94.2 Å². The number of hydrogen-bond donors (Lipinski definition) is 0. The third-order valence-corrected chi connectivity index (χ3v) is 14.3. The van der Waals surface area contributed by atoms with E-state index >= 15 is 0 Å². The molecule has 0 heterocycles. The second-order valence-corrected chi connectivity index (χ2v) is 18.3. The molecule has 0 spiro atoms. The molecule has 12 rings (SSSR count). The van der Waals surface area contributed by atoms with Gasteiger partial charge in [-0.05, 0) is 120 Å². The molecule has 2 aliphatic rings. The monoisotopic (exact) mass is 831 g/mol. The van der Waals surface area contributed by atoms with E-state index in [4.69, 9.17) is 0 Å². The van der Waals surface area contributed by atoms with E-state index in [0.29, 0.717) is 5.92 Å². The molecule has 1 nitrogen and oxygen atoms in total. The molecule has 310 valence electrons. The Hall–Kier alpha value is -7.74. The Labute approximate surface area is 383 Å². The Kier molecular flexibility index (Phi) is 9.46. The molecule has 10 aromatic carbocycles. The lowest BCUT2D eigenvalue weighted by Gasteiger charge is -2.31. The first-order chi connectivity index (χ1) is 32.0. The maximum Gasteiger partial charge on any atom is 0.0540 e. The second-order valence-electron chi connectivity index (χ2n) is 18.3. The molecule has 0 aromatic heterocycles. The van der Waals surface area contributed by atoms with Crippen LogP contribution in [0.5, 0.6) is 0 Å². The number of benzene rings is 10. The summed E-state index contributed by atoms with van der Waals surface area (Å²) in [6.45, 7) is 4.74. The first kappa shape index (κ1) is 38.9. The average Bonchev–Trinajstić information content (AvgIpc) is 3.82. The van der Waals surface area contributed by atoms with E-state index in [-0.39, 0.29) is 5.41 Å². The third kappa shape index (κ3) is 6.45. The van der Waals surface area contributed by atoms with Gasteiger partial charge in [0.15, 0.2) is 0 Å². The zero-order valence-electron chi connectivity index (χ0n) is 36.9. The van der Waals surface area contributed by atoms with Crippen LogP contribution in [0.3, 0.4) is 0 Å². The molecule has 65 heavy (non-hydrogen) atoms. The molecule has 0 saturated carbocycles. The molecule has 0 saturated heterocycles. The van der Waals surface area contributed by atoms with Gasteiger partial charge in [-0.25, -0.2) is 0 Å². The largest absolute Gasteiger partial charge is 0.309 e. The van der Waals surface area contributed by atoms with Crippen molar-refractivity contribution in [2.24, 2.45) is 0 Å². The van der Waals surface area contributed by atoms with E-state index in [2.05, 4.69) is 249 Å². The van der Waals surface area contributed by atoms with Crippen LogP contribution in [0, 0.1) is 0 Å². The number of hydrogen-bond acceptors (Lipinski definition) is 1. The minimum Gasteiger partial charge on any atom is -0.309 e. The van der Waals surface area contributed by atoms with Crippen molar-refractivity contribution in [2.75, 3.05) is 4.90 Å². The fourth-order valence-electron chi connectivity index (χ4n) is 11.3. The van der Waals surface area contributed by atoms with Crippen LogP contribution >= 0.6 is 0 Å². The highest BCUT2D eigenvalue weighted by Crippen LogP contribution is 2.55. The van der Waals surface area contributed by atoms with Gasteiger partial charge < -0.3 is 4.90 Å². The third-order valence-electron chi connectivity index (χ3n) is 14.3. The molecule has 0 fully saturated rings. The smallest absolute Gasteiger partial charge is 0.0540 e. The summed E-state index contributed by atoms with van der Waals surface area (Å²) in [4.78, 5) is 2.53. The summed E-state index contributed by atoms with van der Waals surface area (Å²) < 4.78 is 0. The number of rotatable bonds is 9. The number of nitrogens with zero attached hydrogens (tertiary/aromatic N) is 1. The van der Waals surface area contributed by atoms with Gasteiger partial charge >= 0.3 is 0 Å². The Morgan fingerprint density at radius 1 is 0.400 bits per heavy atom. The number of fused-ring (bicyclic) bond motifs is 7. The van der Waals surface area contributed by atoms with E-state index < -0.39 is 0 Å². The minimum atomic E-state index is -0.110. The van der Waals surface area contributed by atoms with Crippen molar-refractivity contribution in [3.63, 3.8) is 0 Å². The van der Waals surface area contributed by atoms with Crippen LogP contribution in [0.2, 0.25) is 0 Å². The van der Waals surface area contributed by atoms with Crippen LogP contribution < -0.4 is 4.90 Å². The van der Waals surface area contributed by atoms with Gasteiger partial charge in [-0.1, -0.05) is 220 Å². The maximum atomic E-state index is 2.53. The molecule has 1 unspecified atom stereocenters. The first-order valence-corrected chi connectivity index (χ1v) is 23.1. The highest BCUT2D eigenvalue weighted by molar-refractivity contribution is 6.04. The molecule has 10 aromatic rings. The van der Waals surface area contributed by atoms with Gasteiger partial charge in [0.1, 0.15) is 0 Å². The van der Waals surface area contributed by atoms with Crippen LogP contribution in [-0.2, 0) is 11.8 Å². The van der Waals surface area contributed by atoms with Gasteiger partial charge in [0.2, 0.25) is 0 Å². The van der Waals surface area contributed by atoms with E-state index in [0.717, 1.165) is 29.9 Å². The normalized spacial score (nSPS) is 14.1. The van der Waals surface area contributed by atoms with Crippen molar-refractivity contribution in [3.05, 3.63) is 258 Å². The van der Waals surface area contributed by atoms with Crippen molar-refractivity contribution in [3.8, 4) is 55.6 Å². The van der Waals surface area contributed by atoms with Gasteiger partial charge in [0.05, 0.1) is 11.4 Å². The molecule has 0 radical (unpaired) electrons. The van der Waals surface area contributed by atoms with Gasteiger partial charge in [0.25, 0.3) is 0 Å². The Balaban J connectivity index is 1.07. The zero-order chi connectivity index (χ0) is 43.5. The average molecular weight is 832 g/mol. The fraction of sp³-hybridized carbons (Fsp3) is 0.0938. The number of para-hydroxylation sites is 2. The Morgan fingerprint density at radius 2 is 0.954 bits per heavy atom. The zero-order valence-corrected chi connectivity index (χ0v) is 36.9. The second kappa shape index (κ2) is 15.8. The van der Waals surface area contributed by atoms with Crippen LogP contribution in [0.25, 0.3) is 66.4 Å². The summed E-state index contributed by atoms with van der Waals surface area (Å²) in [5.74, 6) is 0.336. The first-order valence-electron chi connectivity index (χ1n) is 23.1.